The number of amides is 1. The van der Waals surface area contributed by atoms with Crippen LogP contribution in [0.25, 0.3) is 0 Å². The molecule has 0 N–H and O–H groups in total. The molecule has 1 spiro atoms. The minimum atomic E-state index is -0.191. The SMILES string of the molecule is CC(=O)N1CCCC2(CN(Cc3ccc(C)o3)CCO2)C1. The summed E-state index contributed by atoms with van der Waals surface area (Å²) in [5.41, 5.74) is -0.191. The van der Waals surface area contributed by atoms with Gasteiger partial charge in [0.1, 0.15) is 11.5 Å². The molecular formula is C16H24N2O3. The third-order valence-electron chi connectivity index (χ3n) is 4.49. The van der Waals surface area contributed by atoms with Crippen molar-refractivity contribution in [2.24, 2.45) is 0 Å². The van der Waals surface area contributed by atoms with Crippen LogP contribution in [0.1, 0.15) is 31.3 Å². The smallest absolute Gasteiger partial charge is 0.219 e. The molecule has 2 saturated heterocycles. The Hall–Kier alpha value is -1.33. The van der Waals surface area contributed by atoms with Gasteiger partial charge in [0.25, 0.3) is 0 Å². The zero-order valence-corrected chi connectivity index (χ0v) is 12.9. The van der Waals surface area contributed by atoms with Gasteiger partial charge >= 0.3 is 0 Å². The molecule has 0 aromatic carbocycles. The Balaban J connectivity index is 1.65. The zero-order valence-electron chi connectivity index (χ0n) is 12.9. The van der Waals surface area contributed by atoms with Gasteiger partial charge in [-0.2, -0.15) is 0 Å². The number of carbonyl (C=O) groups is 1. The minimum absolute atomic E-state index is 0.149. The highest BCUT2D eigenvalue weighted by Crippen LogP contribution is 2.29. The molecule has 2 aliphatic heterocycles. The second kappa shape index (κ2) is 5.81. The van der Waals surface area contributed by atoms with Crippen molar-refractivity contribution in [1.29, 1.82) is 0 Å². The maximum atomic E-state index is 11.6. The average Bonchev–Trinajstić information content (AvgIpc) is 2.84. The third-order valence-corrected chi connectivity index (χ3v) is 4.49. The van der Waals surface area contributed by atoms with Crippen LogP contribution in [0, 0.1) is 6.92 Å². The molecule has 1 aromatic rings. The van der Waals surface area contributed by atoms with Gasteiger partial charge in [0.2, 0.25) is 5.91 Å². The molecule has 1 aromatic heterocycles. The largest absolute Gasteiger partial charge is 0.465 e. The van der Waals surface area contributed by atoms with Gasteiger partial charge in [0.05, 0.1) is 25.3 Å². The molecule has 1 amide bonds. The van der Waals surface area contributed by atoms with Crippen LogP contribution in [0.4, 0.5) is 0 Å². The van der Waals surface area contributed by atoms with Gasteiger partial charge in [-0.25, -0.2) is 0 Å². The third kappa shape index (κ3) is 3.30. The predicted octanol–water partition coefficient (Wildman–Crippen LogP) is 1.80. The van der Waals surface area contributed by atoms with Crippen LogP contribution in [0.2, 0.25) is 0 Å². The van der Waals surface area contributed by atoms with E-state index >= 15 is 0 Å². The lowest BCUT2D eigenvalue weighted by molar-refractivity contribution is -0.157. The number of morpholine rings is 1. The highest BCUT2D eigenvalue weighted by molar-refractivity contribution is 5.73. The fourth-order valence-electron chi connectivity index (χ4n) is 3.46. The van der Waals surface area contributed by atoms with Crippen LogP contribution >= 0.6 is 0 Å². The molecule has 2 fully saturated rings. The normalized spacial score (nSPS) is 27.2. The Kier molecular flexibility index (Phi) is 4.04. The second-order valence-corrected chi connectivity index (χ2v) is 6.30. The van der Waals surface area contributed by atoms with Crippen molar-refractivity contribution in [2.75, 3.05) is 32.8 Å². The van der Waals surface area contributed by atoms with Gasteiger partial charge in [0.15, 0.2) is 0 Å². The average molecular weight is 292 g/mol. The molecule has 0 radical (unpaired) electrons. The van der Waals surface area contributed by atoms with E-state index in [-0.39, 0.29) is 11.5 Å². The molecule has 116 valence electrons. The van der Waals surface area contributed by atoms with Gasteiger partial charge in [-0.3, -0.25) is 9.69 Å². The van der Waals surface area contributed by atoms with Crippen molar-refractivity contribution in [3.63, 3.8) is 0 Å². The number of piperidine rings is 1. The highest BCUT2D eigenvalue weighted by Gasteiger charge is 2.41. The van der Waals surface area contributed by atoms with Crippen LogP contribution in [-0.2, 0) is 16.1 Å². The van der Waals surface area contributed by atoms with Crippen molar-refractivity contribution >= 4 is 5.91 Å². The summed E-state index contributed by atoms with van der Waals surface area (Å²) in [7, 11) is 0. The molecule has 2 aliphatic rings. The Morgan fingerprint density at radius 3 is 2.90 bits per heavy atom. The van der Waals surface area contributed by atoms with Crippen molar-refractivity contribution in [3.05, 3.63) is 23.7 Å². The maximum absolute atomic E-state index is 11.6. The number of hydrogen-bond donors (Lipinski definition) is 0. The fourth-order valence-corrected chi connectivity index (χ4v) is 3.46. The summed E-state index contributed by atoms with van der Waals surface area (Å²) in [6.45, 7) is 8.53. The lowest BCUT2D eigenvalue weighted by Crippen LogP contribution is -2.60. The van der Waals surface area contributed by atoms with E-state index in [1.54, 1.807) is 6.92 Å². The van der Waals surface area contributed by atoms with Crippen LogP contribution in [0.15, 0.2) is 16.5 Å². The van der Waals surface area contributed by atoms with E-state index in [1.807, 2.05) is 24.0 Å². The number of nitrogens with zero attached hydrogens (tertiary/aromatic N) is 2. The first-order valence-corrected chi connectivity index (χ1v) is 7.73. The van der Waals surface area contributed by atoms with Crippen molar-refractivity contribution in [3.8, 4) is 0 Å². The summed E-state index contributed by atoms with van der Waals surface area (Å²) in [4.78, 5) is 15.9. The molecule has 1 unspecified atom stereocenters. The number of likely N-dealkylation sites (tertiary alicyclic amines) is 1. The van der Waals surface area contributed by atoms with E-state index in [2.05, 4.69) is 4.90 Å². The minimum Gasteiger partial charge on any atom is -0.465 e. The highest BCUT2D eigenvalue weighted by atomic mass is 16.5. The molecule has 0 saturated carbocycles. The summed E-state index contributed by atoms with van der Waals surface area (Å²) >= 11 is 0. The second-order valence-electron chi connectivity index (χ2n) is 6.30. The van der Waals surface area contributed by atoms with E-state index in [9.17, 15) is 4.79 Å². The number of aryl methyl sites for hydroxylation is 1. The summed E-state index contributed by atoms with van der Waals surface area (Å²) in [5.74, 6) is 2.11. The number of furan rings is 1. The Morgan fingerprint density at radius 2 is 2.19 bits per heavy atom. The van der Waals surface area contributed by atoms with Crippen LogP contribution < -0.4 is 0 Å². The van der Waals surface area contributed by atoms with E-state index in [4.69, 9.17) is 9.15 Å². The summed E-state index contributed by atoms with van der Waals surface area (Å²) in [6, 6.07) is 4.05. The van der Waals surface area contributed by atoms with Crippen LogP contribution in [0.3, 0.4) is 0 Å². The summed E-state index contributed by atoms with van der Waals surface area (Å²) < 4.78 is 11.8. The number of hydrogen-bond acceptors (Lipinski definition) is 4. The van der Waals surface area contributed by atoms with Gasteiger partial charge in [-0.05, 0) is 31.9 Å². The number of rotatable bonds is 2. The van der Waals surface area contributed by atoms with E-state index < -0.39 is 0 Å². The molecule has 5 nitrogen and oxygen atoms in total. The van der Waals surface area contributed by atoms with Gasteiger partial charge in [-0.1, -0.05) is 0 Å². The maximum Gasteiger partial charge on any atom is 0.219 e. The first-order chi connectivity index (χ1) is 10.1. The standard InChI is InChI=1S/C16H24N2O3/c1-13-4-5-15(21-13)10-17-8-9-20-16(11-17)6-3-7-18(12-16)14(2)19/h4-5H,3,6-12H2,1-2H3. The first-order valence-electron chi connectivity index (χ1n) is 7.73. The first kappa shape index (κ1) is 14.6. The van der Waals surface area contributed by atoms with Crippen molar-refractivity contribution in [1.82, 2.24) is 9.80 Å². The van der Waals surface area contributed by atoms with Gasteiger partial charge in [-0.15, -0.1) is 0 Å². The lowest BCUT2D eigenvalue weighted by Gasteiger charge is -2.47. The number of carbonyl (C=O) groups excluding carboxylic acids is 1. The number of ether oxygens (including phenoxy) is 1. The van der Waals surface area contributed by atoms with Crippen LogP contribution in [0.5, 0.6) is 0 Å². The molecule has 5 heteroatoms. The molecule has 1 atom stereocenters. The lowest BCUT2D eigenvalue weighted by atomic mass is 9.90. The molecule has 3 heterocycles. The van der Waals surface area contributed by atoms with E-state index in [0.717, 1.165) is 63.7 Å². The molecule has 3 rings (SSSR count). The fraction of sp³-hybridized carbons (Fsp3) is 0.688. The monoisotopic (exact) mass is 292 g/mol. The summed E-state index contributed by atoms with van der Waals surface area (Å²) in [6.07, 6.45) is 2.05. The molecular weight excluding hydrogens is 268 g/mol. The Bertz CT molecular complexity index is 509. The van der Waals surface area contributed by atoms with Crippen LogP contribution in [-0.4, -0.2) is 54.1 Å². The molecule has 21 heavy (non-hydrogen) atoms. The topological polar surface area (TPSA) is 45.9 Å². The Labute approximate surface area is 125 Å². The predicted molar refractivity (Wildman–Crippen MR) is 78.9 cm³/mol. The molecule has 0 bridgehead atoms. The Morgan fingerprint density at radius 1 is 1.33 bits per heavy atom. The van der Waals surface area contributed by atoms with E-state index in [0.29, 0.717) is 0 Å². The summed E-state index contributed by atoms with van der Waals surface area (Å²) in [5, 5.41) is 0. The van der Waals surface area contributed by atoms with Gasteiger partial charge in [0, 0.05) is 26.6 Å². The van der Waals surface area contributed by atoms with E-state index in [1.165, 1.54) is 0 Å². The van der Waals surface area contributed by atoms with Crippen molar-refractivity contribution < 1.29 is 13.9 Å². The van der Waals surface area contributed by atoms with Gasteiger partial charge < -0.3 is 14.1 Å². The zero-order chi connectivity index (χ0) is 14.9. The van der Waals surface area contributed by atoms with Crippen molar-refractivity contribution in [2.45, 2.75) is 38.8 Å². The quantitative estimate of drug-likeness (QED) is 0.834. The molecule has 0 aliphatic carbocycles.